The van der Waals surface area contributed by atoms with Gasteiger partial charge >= 0.3 is 0 Å². The summed E-state index contributed by atoms with van der Waals surface area (Å²) in [5, 5.41) is 19.5. The SMILES string of the molecule is C=C1[C@H](n2cnc3c(N)ncnc32)C2[C@H](CO)[C@]12O. The van der Waals surface area contributed by atoms with E-state index in [0.717, 1.165) is 0 Å². The van der Waals surface area contributed by atoms with Gasteiger partial charge in [0.1, 0.15) is 11.8 Å². The van der Waals surface area contributed by atoms with Crippen LogP contribution in [-0.4, -0.2) is 41.9 Å². The summed E-state index contributed by atoms with van der Waals surface area (Å²) in [5.74, 6) is 0.179. The summed E-state index contributed by atoms with van der Waals surface area (Å²) in [7, 11) is 0. The molecule has 2 aliphatic rings. The smallest absolute Gasteiger partial charge is 0.165 e. The Kier molecular flexibility index (Phi) is 1.79. The number of nitrogens with two attached hydrogens (primary N) is 1. The number of aliphatic hydroxyl groups is 2. The van der Waals surface area contributed by atoms with Gasteiger partial charge in [-0.15, -0.1) is 0 Å². The predicted octanol–water partition coefficient (Wildman–Crippen LogP) is -0.511. The Morgan fingerprint density at radius 1 is 1.42 bits per heavy atom. The van der Waals surface area contributed by atoms with Crippen LogP contribution in [0.4, 0.5) is 5.82 Å². The van der Waals surface area contributed by atoms with Gasteiger partial charge in [-0.1, -0.05) is 6.58 Å². The van der Waals surface area contributed by atoms with Crippen LogP contribution in [0.3, 0.4) is 0 Å². The van der Waals surface area contributed by atoms with Crippen molar-refractivity contribution in [2.24, 2.45) is 11.8 Å². The first-order valence-corrected chi connectivity index (χ1v) is 6.06. The largest absolute Gasteiger partial charge is 0.396 e. The lowest BCUT2D eigenvalue weighted by Crippen LogP contribution is -2.36. The van der Waals surface area contributed by atoms with Crippen LogP contribution in [0.25, 0.3) is 11.2 Å². The number of aliphatic hydroxyl groups excluding tert-OH is 1. The maximum absolute atomic E-state index is 10.3. The predicted molar refractivity (Wildman–Crippen MR) is 66.9 cm³/mol. The Hall–Kier alpha value is -1.99. The van der Waals surface area contributed by atoms with Crippen LogP contribution in [0.2, 0.25) is 0 Å². The molecular formula is C12H13N5O2. The number of imidazole rings is 1. The van der Waals surface area contributed by atoms with E-state index >= 15 is 0 Å². The number of nitrogens with zero attached hydrogens (tertiary/aromatic N) is 4. The monoisotopic (exact) mass is 259 g/mol. The van der Waals surface area contributed by atoms with Gasteiger partial charge in [-0.3, -0.25) is 0 Å². The molecule has 2 aromatic rings. The molecule has 7 heteroatoms. The molecule has 4 N–H and O–H groups in total. The topological polar surface area (TPSA) is 110 Å². The molecule has 2 fully saturated rings. The van der Waals surface area contributed by atoms with Gasteiger partial charge in [-0.2, -0.15) is 0 Å². The molecule has 0 amide bonds. The van der Waals surface area contributed by atoms with Crippen LogP contribution in [0, 0.1) is 11.8 Å². The van der Waals surface area contributed by atoms with Crippen molar-refractivity contribution in [2.75, 3.05) is 12.3 Å². The zero-order valence-electron chi connectivity index (χ0n) is 10.1. The summed E-state index contributed by atoms with van der Waals surface area (Å²) in [6.45, 7) is 3.89. The maximum Gasteiger partial charge on any atom is 0.165 e. The molecule has 1 unspecified atom stereocenters. The highest BCUT2D eigenvalue weighted by molar-refractivity contribution is 5.81. The molecule has 0 spiro atoms. The van der Waals surface area contributed by atoms with E-state index in [-0.39, 0.29) is 24.5 Å². The zero-order valence-corrected chi connectivity index (χ0v) is 10.1. The Balaban J connectivity index is 1.82. The summed E-state index contributed by atoms with van der Waals surface area (Å²) in [5.41, 5.74) is 6.72. The van der Waals surface area contributed by atoms with Crippen molar-refractivity contribution < 1.29 is 10.2 Å². The van der Waals surface area contributed by atoms with Gasteiger partial charge in [-0.25, -0.2) is 15.0 Å². The molecule has 2 aromatic heterocycles. The van der Waals surface area contributed by atoms with E-state index in [1.807, 2.05) is 4.57 Å². The summed E-state index contributed by atoms with van der Waals surface area (Å²) >= 11 is 0. The van der Waals surface area contributed by atoms with Crippen LogP contribution in [0.1, 0.15) is 6.04 Å². The molecule has 4 rings (SSSR count). The van der Waals surface area contributed by atoms with Crippen molar-refractivity contribution in [1.82, 2.24) is 19.5 Å². The second-order valence-electron chi connectivity index (χ2n) is 5.19. The Labute approximate surface area is 108 Å². The average molecular weight is 259 g/mol. The van der Waals surface area contributed by atoms with E-state index < -0.39 is 5.60 Å². The summed E-state index contributed by atoms with van der Waals surface area (Å²) in [4.78, 5) is 12.3. The number of fused-ring (bicyclic) bond motifs is 2. The lowest BCUT2D eigenvalue weighted by Gasteiger charge is -2.34. The van der Waals surface area contributed by atoms with Gasteiger partial charge in [0.2, 0.25) is 0 Å². The number of nitrogen functional groups attached to an aromatic ring is 1. The number of rotatable bonds is 2. The zero-order chi connectivity index (χ0) is 13.4. The quantitative estimate of drug-likeness (QED) is 0.626. The lowest BCUT2D eigenvalue weighted by atomic mass is 9.84. The highest BCUT2D eigenvalue weighted by Gasteiger charge is 2.78. The van der Waals surface area contributed by atoms with Gasteiger partial charge in [0.25, 0.3) is 0 Å². The van der Waals surface area contributed by atoms with Crippen molar-refractivity contribution in [2.45, 2.75) is 11.6 Å². The lowest BCUT2D eigenvalue weighted by molar-refractivity contribution is 0.0900. The summed E-state index contributed by atoms with van der Waals surface area (Å²) in [6, 6.07) is -0.0820. The number of anilines is 1. The van der Waals surface area contributed by atoms with Crippen LogP contribution in [0.15, 0.2) is 24.8 Å². The highest BCUT2D eigenvalue weighted by Crippen LogP contribution is 2.72. The minimum atomic E-state index is -0.908. The fraction of sp³-hybridized carbons (Fsp3) is 0.417. The summed E-state index contributed by atoms with van der Waals surface area (Å²) < 4.78 is 1.85. The van der Waals surface area contributed by atoms with Gasteiger partial charge < -0.3 is 20.5 Å². The van der Waals surface area contributed by atoms with Crippen molar-refractivity contribution in [3.63, 3.8) is 0 Å². The second kappa shape index (κ2) is 3.12. The Morgan fingerprint density at radius 2 is 2.21 bits per heavy atom. The first-order chi connectivity index (χ1) is 9.10. The van der Waals surface area contributed by atoms with Gasteiger partial charge in [0.15, 0.2) is 11.5 Å². The average Bonchev–Trinajstić information content (AvgIpc) is 2.72. The first-order valence-electron chi connectivity index (χ1n) is 6.06. The number of hydrogen-bond acceptors (Lipinski definition) is 6. The third-order valence-electron chi connectivity index (χ3n) is 4.49. The fourth-order valence-corrected chi connectivity index (χ4v) is 3.41. The molecule has 2 aliphatic carbocycles. The van der Waals surface area contributed by atoms with Crippen molar-refractivity contribution >= 4 is 17.0 Å². The van der Waals surface area contributed by atoms with Gasteiger partial charge in [0.05, 0.1) is 18.0 Å². The van der Waals surface area contributed by atoms with Crippen molar-refractivity contribution in [3.05, 3.63) is 24.8 Å². The maximum atomic E-state index is 10.3. The first kappa shape index (κ1) is 10.9. The molecule has 2 saturated carbocycles. The van der Waals surface area contributed by atoms with E-state index in [2.05, 4.69) is 21.5 Å². The normalized spacial score (nSPS) is 36.1. The van der Waals surface area contributed by atoms with Crippen LogP contribution >= 0.6 is 0 Å². The highest BCUT2D eigenvalue weighted by atomic mass is 16.3. The molecule has 0 radical (unpaired) electrons. The van der Waals surface area contributed by atoms with Crippen molar-refractivity contribution in [1.29, 1.82) is 0 Å². The molecule has 98 valence electrons. The summed E-state index contributed by atoms with van der Waals surface area (Å²) in [6.07, 6.45) is 3.03. The standard InChI is InChI=1S/C12H13N5O2/c1-5-9(7-6(2-18)12(5,7)19)17-4-16-8-10(13)14-3-15-11(8)17/h3-4,6-7,9,18-19H,1-2H2,(H2,13,14,15)/t6-,7?,9-,12+/m0/s1. The molecule has 2 heterocycles. The Morgan fingerprint density at radius 3 is 2.89 bits per heavy atom. The van der Waals surface area contributed by atoms with Gasteiger partial charge in [0, 0.05) is 18.4 Å². The van der Waals surface area contributed by atoms with E-state index in [1.165, 1.54) is 6.33 Å². The molecule has 0 saturated heterocycles. The van der Waals surface area contributed by atoms with E-state index in [9.17, 15) is 10.2 Å². The van der Waals surface area contributed by atoms with E-state index in [4.69, 9.17) is 5.73 Å². The molecule has 19 heavy (non-hydrogen) atoms. The van der Waals surface area contributed by atoms with E-state index in [0.29, 0.717) is 22.6 Å². The van der Waals surface area contributed by atoms with E-state index in [1.54, 1.807) is 6.33 Å². The third kappa shape index (κ3) is 1.04. The van der Waals surface area contributed by atoms with Crippen LogP contribution in [-0.2, 0) is 0 Å². The minimum absolute atomic E-state index is 0.0152. The molecule has 7 nitrogen and oxygen atoms in total. The number of hydrogen-bond donors (Lipinski definition) is 3. The third-order valence-corrected chi connectivity index (χ3v) is 4.49. The minimum Gasteiger partial charge on any atom is -0.396 e. The van der Waals surface area contributed by atoms with Crippen LogP contribution in [0.5, 0.6) is 0 Å². The number of aromatic nitrogens is 4. The van der Waals surface area contributed by atoms with Crippen LogP contribution < -0.4 is 5.73 Å². The molecular weight excluding hydrogens is 246 g/mol. The molecule has 0 aromatic carbocycles. The Bertz CT molecular complexity index is 711. The second-order valence-corrected chi connectivity index (χ2v) is 5.19. The molecule has 0 aliphatic heterocycles. The fourth-order valence-electron chi connectivity index (χ4n) is 3.41. The molecule has 0 bridgehead atoms. The van der Waals surface area contributed by atoms with Crippen molar-refractivity contribution in [3.8, 4) is 0 Å². The molecule has 4 atom stereocenters. The van der Waals surface area contributed by atoms with Gasteiger partial charge in [-0.05, 0) is 5.57 Å².